The molecule has 12 nitrogen and oxygen atoms in total. The second-order valence-corrected chi connectivity index (χ2v) is 15.3. The van der Waals surface area contributed by atoms with Crippen molar-refractivity contribution in [2.24, 2.45) is 0 Å². The number of hydrogen-bond donors (Lipinski definition) is 5. The highest BCUT2D eigenvalue weighted by molar-refractivity contribution is 7.13. The maximum atomic E-state index is 16.2. The molecular weight excluding hydrogens is 751 g/mol. The molecule has 0 saturated carbocycles. The van der Waals surface area contributed by atoms with Gasteiger partial charge in [-0.2, -0.15) is 0 Å². The first-order chi connectivity index (χ1) is 27.5. The van der Waals surface area contributed by atoms with Crippen molar-refractivity contribution in [3.05, 3.63) is 89.1 Å². The normalized spacial score (nSPS) is 15.4. The number of rotatable bonds is 21. The minimum absolute atomic E-state index is 0.0140. The van der Waals surface area contributed by atoms with Gasteiger partial charge in [-0.1, -0.05) is 82.3 Å². The SMILES string of the molecule is CCCCCC(NC(=O)CNC(=O)C(CCCC)NC(=O)CCC1=[N+]2C(=Cc3ccc(-c4cccs4)n3[B-]2(F)F)C=C1)C(=O)NC(Cc1ccccc1)C(=O)NC. The van der Waals surface area contributed by atoms with Crippen molar-refractivity contribution < 1.29 is 37.1 Å². The summed E-state index contributed by atoms with van der Waals surface area (Å²) < 4.78 is 34.5. The number of carbonyl (C=O) groups excluding carboxylic acids is 5. The number of likely N-dealkylation sites (N-methyl/N-ethyl adjacent to an activating group) is 1. The van der Waals surface area contributed by atoms with Crippen LogP contribution in [0.3, 0.4) is 0 Å². The van der Waals surface area contributed by atoms with E-state index in [4.69, 9.17) is 0 Å². The lowest BCUT2D eigenvalue weighted by Gasteiger charge is -2.30. The van der Waals surface area contributed by atoms with Gasteiger partial charge in [-0.15, -0.1) is 11.3 Å². The summed E-state index contributed by atoms with van der Waals surface area (Å²) in [6, 6.07) is 13.5. The van der Waals surface area contributed by atoms with Gasteiger partial charge in [0.1, 0.15) is 23.8 Å². The molecular formula is C41H52BF2N7O5S. The summed E-state index contributed by atoms with van der Waals surface area (Å²) in [5.41, 5.74) is 2.32. The number of carbonyl (C=O) groups is 5. The Balaban J connectivity index is 1.18. The van der Waals surface area contributed by atoms with Crippen LogP contribution in [-0.2, 0) is 30.4 Å². The Bertz CT molecular complexity index is 2000. The second-order valence-electron chi connectivity index (χ2n) is 14.3. The molecule has 3 unspecified atom stereocenters. The molecule has 2 aromatic heterocycles. The third kappa shape index (κ3) is 10.9. The van der Waals surface area contributed by atoms with Crippen molar-refractivity contribution in [2.75, 3.05) is 13.6 Å². The van der Waals surface area contributed by atoms with Gasteiger partial charge in [0, 0.05) is 60.8 Å². The topological polar surface area (TPSA) is 153 Å². The summed E-state index contributed by atoms with van der Waals surface area (Å²) in [5, 5.41) is 15.2. The molecule has 4 heterocycles. The van der Waals surface area contributed by atoms with Crippen LogP contribution in [0.5, 0.6) is 0 Å². The summed E-state index contributed by atoms with van der Waals surface area (Å²) >= 11 is 1.38. The number of aromatic nitrogens is 1. The van der Waals surface area contributed by atoms with Crippen LogP contribution in [0, 0.1) is 0 Å². The van der Waals surface area contributed by atoms with Gasteiger partial charge < -0.3 is 44.2 Å². The second kappa shape index (κ2) is 20.2. The Labute approximate surface area is 336 Å². The van der Waals surface area contributed by atoms with E-state index in [1.54, 1.807) is 36.4 Å². The summed E-state index contributed by atoms with van der Waals surface area (Å²) in [5.74, 6) is -2.56. The van der Waals surface area contributed by atoms with Gasteiger partial charge in [0.05, 0.1) is 6.54 Å². The van der Waals surface area contributed by atoms with E-state index < -0.39 is 55.3 Å². The number of halogens is 2. The number of unbranched alkanes of at least 4 members (excludes halogenated alkanes) is 3. The van der Waals surface area contributed by atoms with Crippen molar-refractivity contribution >= 4 is 59.6 Å². The van der Waals surface area contributed by atoms with Crippen molar-refractivity contribution in [2.45, 2.75) is 96.2 Å². The predicted octanol–water partition coefficient (Wildman–Crippen LogP) is 4.93. The number of hydrogen-bond acceptors (Lipinski definition) is 6. The summed E-state index contributed by atoms with van der Waals surface area (Å²) in [6.45, 7) is -0.740. The van der Waals surface area contributed by atoms with Crippen molar-refractivity contribution in [3.8, 4) is 10.6 Å². The standard InChI is InChI=1S/C41H52BF2N7O5S/c1-4-6-9-16-33(41(56)49-34(39(54)45-3)25-28-13-10-8-11-14-28)48-38(53)27-46-40(55)32(15-7-5-2)47-37(52)23-21-29-18-19-30-26-31-20-22-35(36-17-12-24-57-36)51(31)42(43,44)50(29)30/h8,10-14,17-20,22,24,26,32-34H,4-7,9,15-16,21,23,25,27H2,1-3H3,(H,45,54)(H,46,55)(H,47,52)(H,48,53)(H,49,56). The first-order valence-electron chi connectivity index (χ1n) is 19.7. The van der Waals surface area contributed by atoms with Gasteiger partial charge in [0.25, 0.3) is 0 Å². The van der Waals surface area contributed by atoms with Crippen LogP contribution in [-0.4, -0.2) is 82.9 Å². The number of nitrogens with one attached hydrogen (secondary N) is 5. The lowest BCUT2D eigenvalue weighted by Crippen LogP contribution is -2.55. The molecule has 304 valence electrons. The third-order valence-corrected chi connectivity index (χ3v) is 11.0. The highest BCUT2D eigenvalue weighted by Crippen LogP contribution is 2.37. The molecule has 5 amide bonds. The van der Waals surface area contributed by atoms with Crippen LogP contribution in [0.2, 0.25) is 0 Å². The lowest BCUT2D eigenvalue weighted by atomic mass is 9.90. The molecule has 0 fully saturated rings. The molecule has 0 aliphatic carbocycles. The molecule has 16 heteroatoms. The highest BCUT2D eigenvalue weighted by Gasteiger charge is 2.52. The lowest BCUT2D eigenvalue weighted by molar-refractivity contribution is -0.362. The molecule has 0 saturated heterocycles. The molecule has 57 heavy (non-hydrogen) atoms. The Morgan fingerprint density at radius 2 is 1.51 bits per heavy atom. The Morgan fingerprint density at radius 1 is 0.789 bits per heavy atom. The molecule has 1 aromatic carbocycles. The number of fused-ring (bicyclic) bond motifs is 2. The molecule has 0 radical (unpaired) electrons. The Kier molecular flexibility index (Phi) is 15.1. The number of allylic oxidation sites excluding steroid dienone is 2. The fourth-order valence-electron chi connectivity index (χ4n) is 7.12. The average molecular weight is 804 g/mol. The van der Waals surface area contributed by atoms with E-state index in [-0.39, 0.29) is 25.2 Å². The largest absolute Gasteiger partial charge is 0.737 e. The van der Waals surface area contributed by atoms with Crippen molar-refractivity contribution in [3.63, 3.8) is 0 Å². The van der Waals surface area contributed by atoms with Crippen LogP contribution in [0.15, 0.2) is 77.8 Å². The summed E-state index contributed by atoms with van der Waals surface area (Å²) in [4.78, 5) is 66.6. The molecule has 0 bridgehead atoms. The molecule has 2 aliphatic heterocycles. The first-order valence-corrected chi connectivity index (χ1v) is 20.6. The molecule has 2 aliphatic rings. The van der Waals surface area contributed by atoms with E-state index >= 15 is 8.63 Å². The molecule has 5 rings (SSSR count). The first kappa shape index (κ1) is 42.8. The smallest absolute Gasteiger partial charge is 0.389 e. The summed E-state index contributed by atoms with van der Waals surface area (Å²) in [6.07, 6.45) is 9.43. The average Bonchev–Trinajstić information content (AvgIpc) is 3.98. The van der Waals surface area contributed by atoms with E-state index in [0.717, 1.165) is 38.7 Å². The van der Waals surface area contributed by atoms with Gasteiger partial charge in [0.15, 0.2) is 5.70 Å². The van der Waals surface area contributed by atoms with Crippen LogP contribution in [0.4, 0.5) is 8.63 Å². The summed E-state index contributed by atoms with van der Waals surface area (Å²) in [7, 11) is 1.49. The number of amides is 5. The van der Waals surface area contributed by atoms with Gasteiger partial charge in [-0.3, -0.25) is 24.0 Å². The van der Waals surface area contributed by atoms with Crippen LogP contribution < -0.4 is 26.6 Å². The minimum atomic E-state index is -4.25. The molecule has 3 aromatic rings. The van der Waals surface area contributed by atoms with E-state index in [2.05, 4.69) is 26.6 Å². The zero-order valence-corrected chi connectivity index (χ0v) is 33.5. The number of nitrogens with zero attached hydrogens (tertiary/aromatic N) is 2. The highest BCUT2D eigenvalue weighted by atomic mass is 32.1. The van der Waals surface area contributed by atoms with Crippen LogP contribution >= 0.6 is 11.3 Å². The Hall–Kier alpha value is -5.38. The van der Waals surface area contributed by atoms with Crippen molar-refractivity contribution in [1.82, 2.24) is 31.1 Å². The zero-order valence-electron chi connectivity index (χ0n) is 32.7. The fraction of sp³-hybridized carbons (Fsp3) is 0.415. The van der Waals surface area contributed by atoms with Gasteiger partial charge in [-0.05, 0) is 42.0 Å². The quantitative estimate of drug-likeness (QED) is 0.0765. The van der Waals surface area contributed by atoms with Crippen molar-refractivity contribution in [1.29, 1.82) is 0 Å². The van der Waals surface area contributed by atoms with E-state index in [9.17, 15) is 24.0 Å². The van der Waals surface area contributed by atoms with Crippen LogP contribution in [0.1, 0.15) is 82.9 Å². The predicted molar refractivity (Wildman–Crippen MR) is 219 cm³/mol. The Morgan fingerprint density at radius 3 is 2.21 bits per heavy atom. The maximum Gasteiger partial charge on any atom is 0.737 e. The van der Waals surface area contributed by atoms with Gasteiger partial charge in [0.2, 0.25) is 29.5 Å². The monoisotopic (exact) mass is 803 g/mol. The van der Waals surface area contributed by atoms with Gasteiger partial charge in [-0.25, -0.2) is 0 Å². The fourth-order valence-corrected chi connectivity index (χ4v) is 7.87. The maximum absolute atomic E-state index is 16.2. The molecule has 3 atom stereocenters. The molecule has 0 spiro atoms. The molecule has 5 N–H and O–H groups in total. The van der Waals surface area contributed by atoms with E-state index in [1.807, 2.05) is 55.6 Å². The number of benzene rings is 1. The zero-order chi connectivity index (χ0) is 41.0. The minimum Gasteiger partial charge on any atom is -0.389 e. The van der Waals surface area contributed by atoms with E-state index in [1.165, 1.54) is 18.4 Å². The van der Waals surface area contributed by atoms with Gasteiger partial charge >= 0.3 is 6.97 Å². The number of thiophene rings is 1. The van der Waals surface area contributed by atoms with Crippen LogP contribution in [0.25, 0.3) is 16.6 Å². The van der Waals surface area contributed by atoms with E-state index in [0.29, 0.717) is 48.5 Å². The third-order valence-electron chi connectivity index (χ3n) is 10.1.